The maximum Gasteiger partial charge on any atom is 0.223 e. The van der Waals surface area contributed by atoms with E-state index in [1.54, 1.807) is 11.3 Å². The van der Waals surface area contributed by atoms with Crippen molar-refractivity contribution in [2.45, 2.75) is 45.1 Å². The summed E-state index contributed by atoms with van der Waals surface area (Å²) >= 11 is 1.54. The van der Waals surface area contributed by atoms with Crippen LogP contribution in [0.4, 0.5) is 0 Å². The number of thiophene rings is 1. The van der Waals surface area contributed by atoms with Crippen LogP contribution in [0.3, 0.4) is 0 Å². The molecule has 1 aliphatic rings. The average Bonchev–Trinajstić information content (AvgIpc) is 2.83. The lowest BCUT2D eigenvalue weighted by atomic mass is 9.88. The molecule has 0 aliphatic heterocycles. The summed E-state index contributed by atoms with van der Waals surface area (Å²) in [5.41, 5.74) is 1.10. The van der Waals surface area contributed by atoms with Crippen LogP contribution in [0.25, 0.3) is 0 Å². The Morgan fingerprint density at radius 1 is 1.50 bits per heavy atom. The third-order valence-corrected chi connectivity index (χ3v) is 4.77. The molecule has 1 atom stereocenters. The minimum absolute atomic E-state index is 0.114. The van der Waals surface area contributed by atoms with E-state index in [4.69, 9.17) is 0 Å². The second-order valence-electron chi connectivity index (χ2n) is 5.06. The minimum atomic E-state index is -0.572. The standard InChI is InChI=1S/C14H21NO2S/c1-10-7-8-18-13(10)12(16)9-15-14(17)11-5-3-2-4-6-11/h7-8,11-12,16H,2-6,9H2,1H3,(H,15,17). The van der Waals surface area contributed by atoms with Crippen LogP contribution >= 0.6 is 11.3 Å². The topological polar surface area (TPSA) is 49.3 Å². The fraction of sp³-hybridized carbons (Fsp3) is 0.643. The highest BCUT2D eigenvalue weighted by molar-refractivity contribution is 7.10. The largest absolute Gasteiger partial charge is 0.386 e. The summed E-state index contributed by atoms with van der Waals surface area (Å²) in [7, 11) is 0. The molecule has 100 valence electrons. The minimum Gasteiger partial charge on any atom is -0.386 e. The number of carbonyl (C=O) groups is 1. The van der Waals surface area contributed by atoms with E-state index in [-0.39, 0.29) is 11.8 Å². The van der Waals surface area contributed by atoms with Crippen molar-refractivity contribution in [2.24, 2.45) is 5.92 Å². The van der Waals surface area contributed by atoms with Crippen molar-refractivity contribution >= 4 is 17.2 Å². The van der Waals surface area contributed by atoms with E-state index in [0.29, 0.717) is 6.54 Å². The zero-order valence-electron chi connectivity index (χ0n) is 10.8. The van der Waals surface area contributed by atoms with Gasteiger partial charge >= 0.3 is 0 Å². The Morgan fingerprint density at radius 3 is 2.83 bits per heavy atom. The van der Waals surface area contributed by atoms with Gasteiger partial charge in [0.25, 0.3) is 0 Å². The van der Waals surface area contributed by atoms with Crippen molar-refractivity contribution < 1.29 is 9.90 Å². The number of rotatable bonds is 4. The van der Waals surface area contributed by atoms with Gasteiger partial charge in [-0.2, -0.15) is 0 Å². The number of aliphatic hydroxyl groups excluding tert-OH is 1. The van der Waals surface area contributed by atoms with Crippen molar-refractivity contribution in [1.82, 2.24) is 5.32 Å². The second-order valence-corrected chi connectivity index (χ2v) is 6.01. The summed E-state index contributed by atoms with van der Waals surface area (Å²) in [5.74, 6) is 0.276. The smallest absolute Gasteiger partial charge is 0.223 e. The third kappa shape index (κ3) is 3.33. The summed E-state index contributed by atoms with van der Waals surface area (Å²) in [4.78, 5) is 12.9. The van der Waals surface area contributed by atoms with Gasteiger partial charge in [-0.05, 0) is 36.8 Å². The van der Waals surface area contributed by atoms with E-state index >= 15 is 0 Å². The van der Waals surface area contributed by atoms with Crippen LogP contribution in [-0.4, -0.2) is 17.6 Å². The first-order valence-electron chi connectivity index (χ1n) is 6.68. The summed E-state index contributed by atoms with van der Waals surface area (Å²) in [5, 5.41) is 14.9. The van der Waals surface area contributed by atoms with Gasteiger partial charge in [0.05, 0.1) is 0 Å². The van der Waals surface area contributed by atoms with Gasteiger partial charge in [0, 0.05) is 17.3 Å². The summed E-state index contributed by atoms with van der Waals surface area (Å²) < 4.78 is 0. The van der Waals surface area contributed by atoms with Crippen molar-refractivity contribution in [3.63, 3.8) is 0 Å². The van der Waals surface area contributed by atoms with Gasteiger partial charge in [0.15, 0.2) is 0 Å². The number of aryl methyl sites for hydroxylation is 1. The number of hydrogen-bond donors (Lipinski definition) is 2. The first kappa shape index (κ1) is 13.6. The average molecular weight is 267 g/mol. The highest BCUT2D eigenvalue weighted by Crippen LogP contribution is 2.25. The van der Waals surface area contributed by atoms with Gasteiger partial charge in [-0.25, -0.2) is 0 Å². The number of amides is 1. The van der Waals surface area contributed by atoms with Crippen LogP contribution in [0.15, 0.2) is 11.4 Å². The molecular formula is C14H21NO2S. The molecule has 1 heterocycles. The number of aliphatic hydroxyl groups is 1. The Kier molecular flexibility index (Phi) is 4.78. The van der Waals surface area contributed by atoms with Crippen molar-refractivity contribution in [1.29, 1.82) is 0 Å². The van der Waals surface area contributed by atoms with Crippen molar-refractivity contribution in [2.75, 3.05) is 6.54 Å². The molecule has 0 spiro atoms. The molecule has 1 fully saturated rings. The van der Waals surface area contributed by atoms with E-state index in [1.165, 1.54) is 6.42 Å². The summed E-state index contributed by atoms with van der Waals surface area (Å²) in [6.07, 6.45) is 4.99. The number of hydrogen-bond acceptors (Lipinski definition) is 3. The zero-order valence-corrected chi connectivity index (χ0v) is 11.6. The van der Waals surface area contributed by atoms with Gasteiger partial charge in [-0.1, -0.05) is 19.3 Å². The molecule has 4 heteroatoms. The van der Waals surface area contributed by atoms with Crippen LogP contribution in [0, 0.1) is 12.8 Å². The van der Waals surface area contributed by atoms with E-state index in [1.807, 2.05) is 18.4 Å². The molecule has 1 unspecified atom stereocenters. The molecule has 2 rings (SSSR count). The Hall–Kier alpha value is -0.870. The van der Waals surface area contributed by atoms with Crippen molar-refractivity contribution in [3.8, 4) is 0 Å². The Balaban J connectivity index is 1.80. The molecular weight excluding hydrogens is 246 g/mol. The molecule has 1 aliphatic carbocycles. The lowest BCUT2D eigenvalue weighted by Crippen LogP contribution is -2.34. The lowest BCUT2D eigenvalue weighted by Gasteiger charge is -2.21. The van der Waals surface area contributed by atoms with Gasteiger partial charge in [0.1, 0.15) is 6.10 Å². The second kappa shape index (κ2) is 6.34. The highest BCUT2D eigenvalue weighted by atomic mass is 32.1. The van der Waals surface area contributed by atoms with Gasteiger partial charge < -0.3 is 10.4 Å². The highest BCUT2D eigenvalue weighted by Gasteiger charge is 2.22. The van der Waals surface area contributed by atoms with E-state index < -0.39 is 6.10 Å². The maximum atomic E-state index is 11.9. The summed E-state index contributed by atoms with van der Waals surface area (Å²) in [6, 6.07) is 1.99. The molecule has 1 saturated carbocycles. The lowest BCUT2D eigenvalue weighted by molar-refractivity contribution is -0.126. The van der Waals surface area contributed by atoms with Gasteiger partial charge in [-0.15, -0.1) is 11.3 Å². The van der Waals surface area contributed by atoms with Crippen LogP contribution in [0.2, 0.25) is 0 Å². The molecule has 0 radical (unpaired) electrons. The Morgan fingerprint density at radius 2 is 2.22 bits per heavy atom. The van der Waals surface area contributed by atoms with Crippen LogP contribution in [0.5, 0.6) is 0 Å². The fourth-order valence-corrected chi connectivity index (χ4v) is 3.44. The molecule has 1 aromatic heterocycles. The Bertz CT molecular complexity index is 396. The predicted molar refractivity (Wildman–Crippen MR) is 73.6 cm³/mol. The SMILES string of the molecule is Cc1ccsc1C(O)CNC(=O)C1CCCCC1. The molecule has 1 amide bonds. The Labute approximate surface area is 112 Å². The summed E-state index contributed by atoms with van der Waals surface area (Å²) in [6.45, 7) is 2.31. The third-order valence-electron chi connectivity index (χ3n) is 3.65. The molecule has 0 saturated heterocycles. The normalized spacial score (nSPS) is 18.6. The predicted octanol–water partition coefficient (Wildman–Crippen LogP) is 2.79. The van der Waals surface area contributed by atoms with Gasteiger partial charge in [-0.3, -0.25) is 4.79 Å². The molecule has 0 aromatic carbocycles. The molecule has 1 aromatic rings. The zero-order chi connectivity index (χ0) is 13.0. The quantitative estimate of drug-likeness (QED) is 0.881. The van der Waals surface area contributed by atoms with E-state index in [0.717, 1.165) is 36.1 Å². The number of nitrogens with one attached hydrogen (secondary N) is 1. The van der Waals surface area contributed by atoms with Crippen molar-refractivity contribution in [3.05, 3.63) is 21.9 Å². The van der Waals surface area contributed by atoms with E-state index in [9.17, 15) is 9.90 Å². The maximum absolute atomic E-state index is 11.9. The molecule has 18 heavy (non-hydrogen) atoms. The number of carbonyl (C=O) groups excluding carboxylic acids is 1. The molecule has 2 N–H and O–H groups in total. The molecule has 0 bridgehead atoms. The van der Waals surface area contributed by atoms with Gasteiger partial charge in [0.2, 0.25) is 5.91 Å². The fourth-order valence-electron chi connectivity index (χ4n) is 2.52. The molecule has 3 nitrogen and oxygen atoms in total. The van der Waals surface area contributed by atoms with E-state index in [2.05, 4.69) is 5.32 Å². The van der Waals surface area contributed by atoms with Crippen LogP contribution in [0.1, 0.15) is 48.6 Å². The van der Waals surface area contributed by atoms with Crippen LogP contribution in [-0.2, 0) is 4.79 Å². The first-order valence-corrected chi connectivity index (χ1v) is 7.56. The van der Waals surface area contributed by atoms with Crippen LogP contribution < -0.4 is 5.32 Å². The first-order chi connectivity index (χ1) is 8.68. The monoisotopic (exact) mass is 267 g/mol.